The average molecular weight is 284 g/mol. The van der Waals surface area contributed by atoms with Gasteiger partial charge in [0.1, 0.15) is 0 Å². The summed E-state index contributed by atoms with van der Waals surface area (Å²) in [4.78, 5) is 23.4. The minimum atomic E-state index is -0.623. The van der Waals surface area contributed by atoms with Gasteiger partial charge in [0.15, 0.2) is 0 Å². The first-order valence-corrected chi connectivity index (χ1v) is 7.28. The minimum Gasteiger partial charge on any atom is -0.348 e. The molecule has 21 heavy (non-hydrogen) atoms. The molecule has 2 rings (SSSR count). The molecule has 0 aliphatic rings. The summed E-state index contributed by atoms with van der Waals surface area (Å²) in [6.07, 6.45) is 3.03. The highest BCUT2D eigenvalue weighted by molar-refractivity contribution is 6.39. The molecule has 0 saturated heterocycles. The van der Waals surface area contributed by atoms with Crippen molar-refractivity contribution in [2.75, 3.05) is 11.9 Å². The zero-order chi connectivity index (χ0) is 15.1. The van der Waals surface area contributed by atoms with Crippen LogP contribution in [0.15, 0.2) is 42.5 Å². The number of unbranched alkanes of at least 4 members (excludes halogenated alkanes) is 2. The van der Waals surface area contributed by atoms with Crippen molar-refractivity contribution in [2.24, 2.45) is 0 Å². The van der Waals surface area contributed by atoms with Crippen LogP contribution in [0.4, 0.5) is 5.69 Å². The molecule has 2 amide bonds. The summed E-state index contributed by atoms with van der Waals surface area (Å²) in [5, 5.41) is 7.37. The third-order valence-corrected chi connectivity index (χ3v) is 3.28. The van der Waals surface area contributed by atoms with Gasteiger partial charge in [0.25, 0.3) is 0 Å². The van der Waals surface area contributed by atoms with Gasteiger partial charge in [-0.25, -0.2) is 0 Å². The number of rotatable bonds is 5. The number of fused-ring (bicyclic) bond motifs is 1. The van der Waals surface area contributed by atoms with Gasteiger partial charge < -0.3 is 10.6 Å². The molecule has 2 aromatic carbocycles. The van der Waals surface area contributed by atoms with E-state index in [0.717, 1.165) is 30.0 Å². The lowest BCUT2D eigenvalue weighted by molar-refractivity contribution is -0.136. The van der Waals surface area contributed by atoms with Crippen LogP contribution in [0.3, 0.4) is 0 Å². The fraction of sp³-hybridized carbons (Fsp3) is 0.294. The number of carbonyl (C=O) groups is 2. The highest BCUT2D eigenvalue weighted by Gasteiger charge is 2.12. The highest BCUT2D eigenvalue weighted by atomic mass is 16.2. The van der Waals surface area contributed by atoms with Crippen molar-refractivity contribution in [2.45, 2.75) is 26.2 Å². The molecular formula is C17H20N2O2. The van der Waals surface area contributed by atoms with Gasteiger partial charge in [0.2, 0.25) is 0 Å². The van der Waals surface area contributed by atoms with Gasteiger partial charge in [-0.05, 0) is 29.3 Å². The molecule has 0 fully saturated rings. The molecule has 0 bridgehead atoms. The molecule has 0 heterocycles. The zero-order valence-electron chi connectivity index (χ0n) is 12.2. The lowest BCUT2D eigenvalue weighted by Gasteiger charge is -2.07. The molecule has 0 spiro atoms. The Bertz CT molecular complexity index is 637. The van der Waals surface area contributed by atoms with E-state index in [4.69, 9.17) is 0 Å². The molecule has 0 atom stereocenters. The SMILES string of the molecule is CCCCCNC(=O)C(=O)Nc1ccc2ccccc2c1. The van der Waals surface area contributed by atoms with Gasteiger partial charge in [-0.3, -0.25) is 9.59 Å². The van der Waals surface area contributed by atoms with Crippen LogP contribution in [0.5, 0.6) is 0 Å². The Kier molecular flexibility index (Phi) is 5.32. The summed E-state index contributed by atoms with van der Waals surface area (Å²) in [6.45, 7) is 2.63. The van der Waals surface area contributed by atoms with Crippen LogP contribution < -0.4 is 10.6 Å². The third kappa shape index (κ3) is 4.31. The summed E-state index contributed by atoms with van der Waals surface area (Å²) in [6, 6.07) is 13.4. The van der Waals surface area contributed by atoms with E-state index >= 15 is 0 Å². The maximum Gasteiger partial charge on any atom is 0.313 e. The second-order valence-electron chi connectivity index (χ2n) is 4.98. The largest absolute Gasteiger partial charge is 0.348 e. The van der Waals surface area contributed by atoms with Gasteiger partial charge in [-0.1, -0.05) is 50.1 Å². The van der Waals surface area contributed by atoms with Crippen molar-refractivity contribution in [3.63, 3.8) is 0 Å². The first kappa shape index (κ1) is 15.0. The van der Waals surface area contributed by atoms with E-state index in [9.17, 15) is 9.59 Å². The Balaban J connectivity index is 1.92. The second kappa shape index (κ2) is 7.43. The highest BCUT2D eigenvalue weighted by Crippen LogP contribution is 2.18. The molecule has 0 unspecified atom stereocenters. The van der Waals surface area contributed by atoms with E-state index in [1.54, 1.807) is 6.07 Å². The number of nitrogens with one attached hydrogen (secondary N) is 2. The molecule has 110 valence electrons. The van der Waals surface area contributed by atoms with Crippen LogP contribution in [0, 0.1) is 0 Å². The molecule has 4 nitrogen and oxygen atoms in total. The fourth-order valence-electron chi connectivity index (χ4n) is 2.11. The normalized spacial score (nSPS) is 10.3. The molecule has 0 aliphatic carbocycles. The predicted molar refractivity (Wildman–Crippen MR) is 85.1 cm³/mol. The van der Waals surface area contributed by atoms with Gasteiger partial charge >= 0.3 is 11.8 Å². The molecule has 0 aliphatic heterocycles. The molecule has 2 aromatic rings. The maximum atomic E-state index is 11.8. The predicted octanol–water partition coefficient (Wildman–Crippen LogP) is 3.08. The first-order chi connectivity index (χ1) is 10.2. The number of carbonyl (C=O) groups excluding carboxylic acids is 2. The number of anilines is 1. The first-order valence-electron chi connectivity index (χ1n) is 7.28. The average Bonchev–Trinajstić information content (AvgIpc) is 2.51. The van der Waals surface area contributed by atoms with E-state index in [1.807, 2.05) is 36.4 Å². The van der Waals surface area contributed by atoms with Gasteiger partial charge in [0, 0.05) is 12.2 Å². The lowest BCUT2D eigenvalue weighted by atomic mass is 10.1. The fourth-order valence-corrected chi connectivity index (χ4v) is 2.11. The molecule has 0 saturated carbocycles. The van der Waals surface area contributed by atoms with Crippen LogP contribution >= 0.6 is 0 Å². The molecule has 0 radical (unpaired) electrons. The van der Waals surface area contributed by atoms with Crippen molar-refractivity contribution in [1.82, 2.24) is 5.32 Å². The van der Waals surface area contributed by atoms with Crippen molar-refractivity contribution in [3.8, 4) is 0 Å². The number of hydrogen-bond acceptors (Lipinski definition) is 2. The van der Waals surface area contributed by atoms with Crippen LogP contribution in [0.2, 0.25) is 0 Å². The summed E-state index contributed by atoms with van der Waals surface area (Å²) < 4.78 is 0. The summed E-state index contributed by atoms with van der Waals surface area (Å²) >= 11 is 0. The van der Waals surface area contributed by atoms with Crippen LogP contribution in [-0.4, -0.2) is 18.4 Å². The van der Waals surface area contributed by atoms with Gasteiger partial charge in [-0.15, -0.1) is 0 Å². The van der Waals surface area contributed by atoms with Gasteiger partial charge in [-0.2, -0.15) is 0 Å². The summed E-state index contributed by atoms with van der Waals surface area (Å²) in [5.41, 5.74) is 0.627. The molecular weight excluding hydrogens is 264 g/mol. The minimum absolute atomic E-state index is 0.539. The topological polar surface area (TPSA) is 58.2 Å². The van der Waals surface area contributed by atoms with Crippen molar-refractivity contribution in [3.05, 3.63) is 42.5 Å². The summed E-state index contributed by atoms with van der Waals surface area (Å²) in [5.74, 6) is -1.21. The van der Waals surface area contributed by atoms with E-state index in [1.165, 1.54) is 0 Å². The molecule has 4 heteroatoms. The maximum absolute atomic E-state index is 11.8. The Morgan fingerprint density at radius 3 is 2.48 bits per heavy atom. The van der Waals surface area contributed by atoms with Crippen LogP contribution in [0.1, 0.15) is 26.2 Å². The van der Waals surface area contributed by atoms with E-state index < -0.39 is 11.8 Å². The van der Waals surface area contributed by atoms with E-state index in [-0.39, 0.29) is 0 Å². The number of hydrogen-bond donors (Lipinski definition) is 2. The summed E-state index contributed by atoms with van der Waals surface area (Å²) in [7, 11) is 0. The number of benzene rings is 2. The Hall–Kier alpha value is -2.36. The Morgan fingerprint density at radius 2 is 1.71 bits per heavy atom. The van der Waals surface area contributed by atoms with Crippen molar-refractivity contribution < 1.29 is 9.59 Å². The smallest absolute Gasteiger partial charge is 0.313 e. The van der Waals surface area contributed by atoms with Crippen LogP contribution in [0.25, 0.3) is 10.8 Å². The molecule has 0 aromatic heterocycles. The lowest BCUT2D eigenvalue weighted by Crippen LogP contribution is -2.35. The zero-order valence-corrected chi connectivity index (χ0v) is 12.2. The Morgan fingerprint density at radius 1 is 0.952 bits per heavy atom. The van der Waals surface area contributed by atoms with Crippen molar-refractivity contribution >= 4 is 28.3 Å². The molecule has 2 N–H and O–H groups in total. The standard InChI is InChI=1S/C17H20N2O2/c1-2-3-6-11-18-16(20)17(21)19-15-10-9-13-7-4-5-8-14(13)12-15/h4-5,7-10,12H,2-3,6,11H2,1H3,(H,18,20)(H,19,21). The number of amides is 2. The van der Waals surface area contributed by atoms with Crippen molar-refractivity contribution in [1.29, 1.82) is 0 Å². The van der Waals surface area contributed by atoms with E-state index in [2.05, 4.69) is 17.6 Å². The second-order valence-corrected chi connectivity index (χ2v) is 4.98. The monoisotopic (exact) mass is 284 g/mol. The third-order valence-electron chi connectivity index (χ3n) is 3.28. The quantitative estimate of drug-likeness (QED) is 0.655. The van der Waals surface area contributed by atoms with Gasteiger partial charge in [0.05, 0.1) is 0 Å². The van der Waals surface area contributed by atoms with E-state index in [0.29, 0.717) is 12.2 Å². The van der Waals surface area contributed by atoms with Crippen LogP contribution in [-0.2, 0) is 9.59 Å². The Labute approximate surface area is 124 Å².